The van der Waals surface area contributed by atoms with Gasteiger partial charge in [0.1, 0.15) is 5.82 Å². The van der Waals surface area contributed by atoms with Gasteiger partial charge in [0.25, 0.3) is 0 Å². The highest BCUT2D eigenvalue weighted by molar-refractivity contribution is 5.65. The van der Waals surface area contributed by atoms with Crippen LogP contribution in [0.1, 0.15) is 75.0 Å². The molecule has 0 aromatic heterocycles. The average Bonchev–Trinajstić information content (AvgIpc) is 2.87. The van der Waals surface area contributed by atoms with Gasteiger partial charge in [0.15, 0.2) is 11.6 Å². The lowest BCUT2D eigenvalue weighted by Crippen LogP contribution is -2.14. The van der Waals surface area contributed by atoms with Crippen LogP contribution in [0.4, 0.5) is 13.2 Å². The minimum Gasteiger partial charge on any atom is -0.491 e. The SMILES string of the molecule is CCCC1CCC(c2ccc(CCc3ccc(-c4ccc(OCC)c(F)c4F)cc3)cc2F)CC1. The fraction of sp³-hybridized carbons (Fsp3) is 0.419. The number of halogens is 3. The summed E-state index contributed by atoms with van der Waals surface area (Å²) in [6, 6.07) is 16.2. The molecule has 0 aliphatic heterocycles. The molecule has 186 valence electrons. The Morgan fingerprint density at radius 2 is 1.46 bits per heavy atom. The summed E-state index contributed by atoms with van der Waals surface area (Å²) in [5.41, 5.74) is 3.74. The van der Waals surface area contributed by atoms with Gasteiger partial charge in [-0.05, 0) is 97.7 Å². The van der Waals surface area contributed by atoms with Crippen molar-refractivity contribution < 1.29 is 17.9 Å². The minimum absolute atomic E-state index is 0.0761. The number of ether oxygens (including phenoxy) is 1. The van der Waals surface area contributed by atoms with E-state index in [1.54, 1.807) is 31.2 Å². The molecule has 0 spiro atoms. The predicted molar refractivity (Wildman–Crippen MR) is 136 cm³/mol. The van der Waals surface area contributed by atoms with E-state index in [1.807, 2.05) is 18.2 Å². The number of benzene rings is 3. The smallest absolute Gasteiger partial charge is 0.201 e. The van der Waals surface area contributed by atoms with Gasteiger partial charge in [-0.25, -0.2) is 8.78 Å². The lowest BCUT2D eigenvalue weighted by atomic mass is 9.77. The Morgan fingerprint density at radius 1 is 0.771 bits per heavy atom. The van der Waals surface area contributed by atoms with Gasteiger partial charge in [-0.2, -0.15) is 4.39 Å². The fourth-order valence-electron chi connectivity index (χ4n) is 5.39. The lowest BCUT2D eigenvalue weighted by Gasteiger charge is -2.29. The van der Waals surface area contributed by atoms with E-state index >= 15 is 0 Å². The molecule has 0 bridgehead atoms. The molecule has 0 N–H and O–H groups in total. The molecule has 1 saturated carbocycles. The maximum Gasteiger partial charge on any atom is 0.201 e. The summed E-state index contributed by atoms with van der Waals surface area (Å²) in [6.07, 6.45) is 8.61. The summed E-state index contributed by atoms with van der Waals surface area (Å²) in [4.78, 5) is 0. The van der Waals surface area contributed by atoms with E-state index in [-0.39, 0.29) is 23.7 Å². The topological polar surface area (TPSA) is 9.23 Å². The van der Waals surface area contributed by atoms with Crippen molar-refractivity contribution in [2.75, 3.05) is 6.61 Å². The number of rotatable bonds is 9. The minimum atomic E-state index is -0.965. The maximum atomic E-state index is 14.9. The monoisotopic (exact) mass is 480 g/mol. The predicted octanol–water partition coefficient (Wildman–Crippen LogP) is 9.03. The van der Waals surface area contributed by atoms with E-state index in [4.69, 9.17) is 4.74 Å². The lowest BCUT2D eigenvalue weighted by molar-refractivity contribution is 0.304. The second-order valence-corrected chi connectivity index (χ2v) is 9.73. The maximum absolute atomic E-state index is 14.9. The van der Waals surface area contributed by atoms with Crippen molar-refractivity contribution >= 4 is 0 Å². The molecule has 3 aromatic carbocycles. The molecule has 0 atom stereocenters. The molecule has 0 saturated heterocycles. The largest absolute Gasteiger partial charge is 0.491 e. The van der Waals surface area contributed by atoms with Crippen LogP contribution in [0.2, 0.25) is 0 Å². The van der Waals surface area contributed by atoms with E-state index < -0.39 is 11.6 Å². The highest BCUT2D eigenvalue weighted by atomic mass is 19.2. The Labute approximate surface area is 207 Å². The Kier molecular flexibility index (Phi) is 8.54. The summed E-state index contributed by atoms with van der Waals surface area (Å²) < 4.78 is 48.8. The highest BCUT2D eigenvalue weighted by Crippen LogP contribution is 2.38. The summed E-state index contributed by atoms with van der Waals surface area (Å²) in [5, 5.41) is 0. The van der Waals surface area contributed by atoms with Crippen LogP contribution in [0.3, 0.4) is 0 Å². The van der Waals surface area contributed by atoms with E-state index in [9.17, 15) is 13.2 Å². The van der Waals surface area contributed by atoms with Crippen molar-refractivity contribution in [2.45, 2.75) is 71.1 Å². The Morgan fingerprint density at radius 3 is 2.11 bits per heavy atom. The van der Waals surface area contributed by atoms with E-state index in [2.05, 4.69) is 13.0 Å². The van der Waals surface area contributed by atoms with Crippen molar-refractivity contribution in [3.8, 4) is 16.9 Å². The zero-order valence-corrected chi connectivity index (χ0v) is 20.8. The molecule has 0 unspecified atom stereocenters. The summed E-state index contributed by atoms with van der Waals surface area (Å²) >= 11 is 0. The second-order valence-electron chi connectivity index (χ2n) is 9.73. The molecular weight excluding hydrogens is 445 g/mol. The molecule has 1 nitrogen and oxygen atoms in total. The van der Waals surface area contributed by atoms with Gasteiger partial charge in [0.05, 0.1) is 6.61 Å². The molecular formula is C31H35F3O. The third kappa shape index (κ3) is 6.09. The van der Waals surface area contributed by atoms with Gasteiger partial charge in [0.2, 0.25) is 5.82 Å². The Balaban J connectivity index is 1.36. The van der Waals surface area contributed by atoms with Crippen molar-refractivity contribution in [1.82, 2.24) is 0 Å². The van der Waals surface area contributed by atoms with E-state index in [1.165, 1.54) is 31.7 Å². The molecule has 0 amide bonds. The quantitative estimate of drug-likeness (QED) is 0.297. The van der Waals surface area contributed by atoms with Gasteiger partial charge < -0.3 is 4.74 Å². The standard InChI is InChI=1S/C31H35F3O/c1-3-5-21-8-13-24(14-9-21)26-17-12-23(20-28(26)32)7-6-22-10-15-25(16-11-22)27-18-19-29(35-4-2)31(34)30(27)33/h10-12,15-21,24H,3-9,13-14H2,1-2H3. The van der Waals surface area contributed by atoms with Gasteiger partial charge in [-0.15, -0.1) is 0 Å². The second kappa shape index (κ2) is 11.8. The van der Waals surface area contributed by atoms with Crippen LogP contribution in [0.15, 0.2) is 54.6 Å². The molecule has 1 aliphatic rings. The third-order valence-corrected chi connectivity index (χ3v) is 7.36. The highest BCUT2D eigenvalue weighted by Gasteiger charge is 2.24. The molecule has 1 fully saturated rings. The number of hydrogen-bond acceptors (Lipinski definition) is 1. The summed E-state index contributed by atoms with van der Waals surface area (Å²) in [5.74, 6) is -0.865. The van der Waals surface area contributed by atoms with Crippen LogP contribution in [-0.2, 0) is 12.8 Å². The van der Waals surface area contributed by atoms with Gasteiger partial charge in [-0.1, -0.05) is 56.2 Å². The van der Waals surface area contributed by atoms with Crippen molar-refractivity contribution in [3.63, 3.8) is 0 Å². The Hall–Kier alpha value is -2.75. The van der Waals surface area contributed by atoms with E-state index in [0.717, 1.165) is 48.3 Å². The van der Waals surface area contributed by atoms with E-state index in [0.29, 0.717) is 11.5 Å². The average molecular weight is 481 g/mol. The molecule has 4 heteroatoms. The molecule has 4 rings (SSSR count). The molecule has 0 radical (unpaired) electrons. The van der Waals surface area contributed by atoms with Gasteiger partial charge in [0, 0.05) is 5.56 Å². The van der Waals surface area contributed by atoms with Crippen molar-refractivity contribution in [2.24, 2.45) is 5.92 Å². The van der Waals surface area contributed by atoms with Gasteiger partial charge in [-0.3, -0.25) is 0 Å². The molecule has 0 heterocycles. The zero-order valence-electron chi connectivity index (χ0n) is 20.8. The number of hydrogen-bond donors (Lipinski definition) is 0. The van der Waals surface area contributed by atoms with Crippen LogP contribution in [-0.4, -0.2) is 6.61 Å². The third-order valence-electron chi connectivity index (χ3n) is 7.36. The van der Waals surface area contributed by atoms with Crippen LogP contribution in [0.25, 0.3) is 11.1 Å². The van der Waals surface area contributed by atoms with Crippen LogP contribution in [0, 0.1) is 23.4 Å². The van der Waals surface area contributed by atoms with Gasteiger partial charge >= 0.3 is 0 Å². The normalized spacial score (nSPS) is 18.0. The zero-order chi connectivity index (χ0) is 24.8. The number of aryl methyl sites for hydroxylation is 2. The first-order chi connectivity index (χ1) is 17.0. The van der Waals surface area contributed by atoms with Crippen LogP contribution >= 0.6 is 0 Å². The summed E-state index contributed by atoms with van der Waals surface area (Å²) in [7, 11) is 0. The van der Waals surface area contributed by atoms with Crippen LogP contribution in [0.5, 0.6) is 5.75 Å². The van der Waals surface area contributed by atoms with Crippen molar-refractivity contribution in [1.29, 1.82) is 0 Å². The molecule has 1 aliphatic carbocycles. The first kappa shape index (κ1) is 25.3. The first-order valence-corrected chi connectivity index (χ1v) is 13.0. The first-order valence-electron chi connectivity index (χ1n) is 13.0. The van der Waals surface area contributed by atoms with Crippen LogP contribution < -0.4 is 4.74 Å². The summed E-state index contributed by atoms with van der Waals surface area (Å²) in [6.45, 7) is 4.24. The molecule has 3 aromatic rings. The fourth-order valence-corrected chi connectivity index (χ4v) is 5.39. The Bertz CT molecular complexity index is 1110. The molecule has 35 heavy (non-hydrogen) atoms. The van der Waals surface area contributed by atoms with Crippen molar-refractivity contribution in [3.05, 3.63) is 88.7 Å².